The van der Waals surface area contributed by atoms with E-state index in [2.05, 4.69) is 22.6 Å². The lowest BCUT2D eigenvalue weighted by Crippen LogP contribution is -2.43. The molecule has 3 amide bonds. The number of nitrogens with zero attached hydrogens (tertiary/aromatic N) is 2. The van der Waals surface area contributed by atoms with Crippen LogP contribution >= 0.6 is 0 Å². The highest BCUT2D eigenvalue weighted by Crippen LogP contribution is 2.32. The molecule has 13 heteroatoms. The number of rotatable bonds is 5. The summed E-state index contributed by atoms with van der Waals surface area (Å²) in [6.07, 6.45) is -7.89. The van der Waals surface area contributed by atoms with E-state index in [1.54, 1.807) is 36.1 Å². The minimum Gasteiger partial charge on any atom is -0.343 e. The Morgan fingerprint density at radius 2 is 1.02 bits per heavy atom. The number of hydrogen-bond donors (Lipinski definition) is 2. The summed E-state index contributed by atoms with van der Waals surface area (Å²) in [7, 11) is 2.07. The van der Waals surface area contributed by atoms with Crippen LogP contribution in [0.15, 0.2) is 78.9 Å². The summed E-state index contributed by atoms with van der Waals surface area (Å²) in [4.78, 5) is 38.4. The molecule has 54 heavy (non-hydrogen) atoms. The molecule has 5 rings (SSSR count). The van der Waals surface area contributed by atoms with E-state index in [0.29, 0.717) is 22.4 Å². The first-order valence-corrected chi connectivity index (χ1v) is 17.3. The summed E-state index contributed by atoms with van der Waals surface area (Å²) in [5.74, 6) is -0.778. The van der Waals surface area contributed by atoms with Gasteiger partial charge in [-0.3, -0.25) is 14.4 Å². The number of aryl methyl sites for hydroxylation is 5. The van der Waals surface area contributed by atoms with Crippen molar-refractivity contribution in [1.82, 2.24) is 9.80 Å². The van der Waals surface area contributed by atoms with Crippen LogP contribution in [0.4, 0.5) is 37.7 Å². The number of alkyl halides is 6. The zero-order chi connectivity index (χ0) is 40.8. The van der Waals surface area contributed by atoms with Crippen LogP contribution < -0.4 is 10.6 Å². The van der Waals surface area contributed by atoms with Crippen molar-refractivity contribution in [2.45, 2.75) is 60.8 Å². The smallest absolute Gasteiger partial charge is 0.343 e. The number of carbonyl (C=O) groups excluding carboxylic acids is 3. The lowest BCUT2D eigenvalue weighted by molar-refractivity contribution is -0.138. The van der Waals surface area contributed by atoms with Gasteiger partial charge in [-0.05, 0) is 136 Å². The summed E-state index contributed by atoms with van der Waals surface area (Å²) in [5.41, 5.74) is 4.31. The molecule has 7 nitrogen and oxygen atoms in total. The van der Waals surface area contributed by atoms with Crippen LogP contribution in [0.5, 0.6) is 0 Å². The minimum atomic E-state index is -4.44. The molecule has 0 saturated carbocycles. The number of piperazine rings is 1. The third-order valence-corrected chi connectivity index (χ3v) is 8.36. The van der Waals surface area contributed by atoms with Crippen molar-refractivity contribution in [3.05, 3.63) is 129 Å². The van der Waals surface area contributed by atoms with Gasteiger partial charge in [0.05, 0.1) is 11.1 Å². The summed E-state index contributed by atoms with van der Waals surface area (Å²) in [5, 5.41) is 5.10. The summed E-state index contributed by atoms with van der Waals surface area (Å²) >= 11 is 0. The van der Waals surface area contributed by atoms with Crippen molar-refractivity contribution >= 4 is 29.6 Å². The van der Waals surface area contributed by atoms with Crippen molar-refractivity contribution in [1.29, 1.82) is 0 Å². The standard InChI is InChI=1S/C17H16F3NO.C16H14F3NO.C6H12N2O.C2H6/c1-10-6-14(17(18,19)20)9-15(7-10)21-16(22)13-5-4-11(2)12(3)8-13;1-10-3-4-12(9-11(10)2)15(21)20-14-7-5-13(6-8-14)16(17,18)19;1-7-2-4-8(6-9)5-3-7;1-2/h4-9H,1-3H3,(H,21,22);3-9H,1-2H3,(H,20,21);6H,2-5H2,1H3;1-2H3. The highest BCUT2D eigenvalue weighted by atomic mass is 19.4. The van der Waals surface area contributed by atoms with Crippen molar-refractivity contribution in [2.75, 3.05) is 43.9 Å². The molecule has 2 N–H and O–H groups in total. The topological polar surface area (TPSA) is 81.8 Å². The second kappa shape index (κ2) is 20.3. The van der Waals surface area contributed by atoms with Gasteiger partial charge in [0.15, 0.2) is 0 Å². The Kier molecular flexibility index (Phi) is 16.9. The van der Waals surface area contributed by atoms with Crippen molar-refractivity contribution in [3.63, 3.8) is 0 Å². The van der Waals surface area contributed by atoms with E-state index in [-0.39, 0.29) is 11.6 Å². The zero-order valence-electron chi connectivity index (χ0n) is 31.8. The van der Waals surface area contributed by atoms with Crippen LogP contribution in [0.2, 0.25) is 0 Å². The molecule has 1 aliphatic rings. The largest absolute Gasteiger partial charge is 0.416 e. The number of anilines is 2. The number of nitrogens with one attached hydrogen (secondary N) is 2. The molecule has 0 unspecified atom stereocenters. The minimum absolute atomic E-state index is 0.135. The van der Waals surface area contributed by atoms with Crippen molar-refractivity contribution < 1.29 is 40.7 Å². The Morgan fingerprint density at radius 1 is 0.574 bits per heavy atom. The van der Waals surface area contributed by atoms with E-state index in [1.807, 2.05) is 53.7 Å². The third-order valence-electron chi connectivity index (χ3n) is 8.36. The van der Waals surface area contributed by atoms with E-state index in [1.165, 1.54) is 18.2 Å². The lowest BCUT2D eigenvalue weighted by atomic mass is 10.1. The molecule has 1 fully saturated rings. The SMILES string of the molecule is CC.CN1CCN(C=O)CC1.Cc1cc(NC(=O)c2ccc(C)c(C)c2)cc(C(F)(F)F)c1.Cc1ccc(C(=O)Nc2ccc(C(F)(F)F)cc2)cc1C. The summed E-state index contributed by atoms with van der Waals surface area (Å²) in [6.45, 7) is 17.0. The lowest BCUT2D eigenvalue weighted by Gasteiger charge is -2.29. The Balaban J connectivity index is 0.000000294. The van der Waals surface area contributed by atoms with Gasteiger partial charge in [0.25, 0.3) is 11.8 Å². The molecule has 1 aliphatic heterocycles. The number of carbonyl (C=O) groups is 3. The number of benzene rings is 4. The summed E-state index contributed by atoms with van der Waals surface area (Å²) < 4.78 is 75.7. The van der Waals surface area contributed by atoms with Gasteiger partial charge in [0.2, 0.25) is 6.41 Å². The maximum absolute atomic E-state index is 12.8. The fraction of sp³-hybridized carbons (Fsp3) is 0.341. The molecule has 292 valence electrons. The van der Waals surface area contributed by atoms with E-state index >= 15 is 0 Å². The van der Waals surface area contributed by atoms with Crippen LogP contribution in [0.1, 0.15) is 73.5 Å². The molecule has 0 atom stereocenters. The number of amides is 3. The zero-order valence-corrected chi connectivity index (χ0v) is 31.8. The molecule has 0 radical (unpaired) electrons. The molecular weight excluding hydrogens is 710 g/mol. The highest BCUT2D eigenvalue weighted by Gasteiger charge is 2.31. The van der Waals surface area contributed by atoms with Crippen LogP contribution in [-0.2, 0) is 17.1 Å². The monoisotopic (exact) mass is 758 g/mol. The van der Waals surface area contributed by atoms with Crippen molar-refractivity contribution in [3.8, 4) is 0 Å². The second-order valence-corrected chi connectivity index (χ2v) is 12.6. The van der Waals surface area contributed by atoms with Gasteiger partial charge >= 0.3 is 12.4 Å². The van der Waals surface area contributed by atoms with Crippen LogP contribution in [-0.4, -0.2) is 61.3 Å². The maximum Gasteiger partial charge on any atom is 0.416 e. The van der Waals surface area contributed by atoms with Crippen LogP contribution in [0.3, 0.4) is 0 Å². The Morgan fingerprint density at radius 3 is 1.43 bits per heavy atom. The van der Waals surface area contributed by atoms with Crippen LogP contribution in [0.25, 0.3) is 0 Å². The molecule has 1 heterocycles. The molecule has 0 spiro atoms. The van der Waals surface area contributed by atoms with E-state index in [9.17, 15) is 40.7 Å². The Labute approximate surface area is 313 Å². The highest BCUT2D eigenvalue weighted by molar-refractivity contribution is 6.05. The van der Waals surface area contributed by atoms with Gasteiger partial charge in [-0.25, -0.2) is 0 Å². The molecule has 4 aromatic carbocycles. The first kappa shape index (κ1) is 45.0. The third kappa shape index (κ3) is 14.3. The van der Waals surface area contributed by atoms with Gasteiger partial charge in [-0.15, -0.1) is 0 Å². The first-order valence-electron chi connectivity index (χ1n) is 17.3. The van der Waals surface area contributed by atoms with E-state index in [0.717, 1.165) is 79.1 Å². The Hall–Kier alpha value is -5.17. The van der Waals surface area contributed by atoms with E-state index in [4.69, 9.17) is 0 Å². The molecule has 1 saturated heterocycles. The molecule has 4 aromatic rings. The van der Waals surface area contributed by atoms with Gasteiger partial charge < -0.3 is 20.4 Å². The van der Waals surface area contributed by atoms with Crippen molar-refractivity contribution in [2.24, 2.45) is 0 Å². The predicted octanol–water partition coefficient (Wildman–Crippen LogP) is 9.87. The molecule has 0 aliphatic carbocycles. The average Bonchev–Trinajstić information content (AvgIpc) is 3.11. The van der Waals surface area contributed by atoms with Gasteiger partial charge in [0.1, 0.15) is 0 Å². The van der Waals surface area contributed by atoms with E-state index < -0.39 is 29.4 Å². The van der Waals surface area contributed by atoms with Gasteiger partial charge in [-0.2, -0.15) is 26.3 Å². The average molecular weight is 759 g/mol. The fourth-order valence-electron chi connectivity index (χ4n) is 4.86. The van der Waals surface area contributed by atoms with Gasteiger partial charge in [-0.1, -0.05) is 26.0 Å². The van der Waals surface area contributed by atoms with Crippen LogP contribution in [0, 0.1) is 34.6 Å². The second-order valence-electron chi connectivity index (χ2n) is 12.6. The normalized spacial score (nSPS) is 12.8. The predicted molar refractivity (Wildman–Crippen MR) is 202 cm³/mol. The molecule has 0 aromatic heterocycles. The quantitative estimate of drug-likeness (QED) is 0.157. The number of hydrogen-bond acceptors (Lipinski definition) is 4. The number of halogens is 6. The Bertz CT molecular complexity index is 1850. The fourth-order valence-corrected chi connectivity index (χ4v) is 4.86. The summed E-state index contributed by atoms with van der Waals surface area (Å²) in [6, 6.07) is 18.3. The van der Waals surface area contributed by atoms with Gasteiger partial charge in [0, 0.05) is 48.7 Å². The first-order chi connectivity index (χ1) is 25.3. The molecule has 0 bridgehead atoms. The maximum atomic E-state index is 12.8. The molecular formula is C41H48F6N4O3. The number of likely N-dealkylation sites (N-methyl/N-ethyl adjacent to an activating group) is 1.